The van der Waals surface area contributed by atoms with E-state index < -0.39 is 11.5 Å². The third-order valence-electron chi connectivity index (χ3n) is 12.0. The average molecular weight is 945 g/mol. The van der Waals surface area contributed by atoms with Crippen molar-refractivity contribution in [2.75, 3.05) is 17.7 Å². The van der Waals surface area contributed by atoms with E-state index in [4.69, 9.17) is 15.7 Å². The number of hydrogen-bond donors (Lipinski definition) is 5. The Morgan fingerprint density at radius 1 is 0.565 bits per heavy atom. The van der Waals surface area contributed by atoms with E-state index in [2.05, 4.69) is 15.4 Å². The minimum absolute atomic E-state index is 0.00519. The van der Waals surface area contributed by atoms with Crippen LogP contribution in [0.3, 0.4) is 0 Å². The van der Waals surface area contributed by atoms with Gasteiger partial charge in [0.05, 0.1) is 13.5 Å². The Labute approximate surface area is 405 Å². The predicted octanol–water partition coefficient (Wildman–Crippen LogP) is 8.41. The molecule has 0 aromatic heterocycles. The molecule has 2 saturated carbocycles. The van der Waals surface area contributed by atoms with Gasteiger partial charge in [0, 0.05) is 74.7 Å². The maximum absolute atomic E-state index is 12.4. The summed E-state index contributed by atoms with van der Waals surface area (Å²) in [6.07, 6.45) is 7.22. The van der Waals surface area contributed by atoms with Crippen LogP contribution in [-0.2, 0) is 68.7 Å². The predicted molar refractivity (Wildman–Crippen MR) is 263 cm³/mol. The third-order valence-corrected chi connectivity index (χ3v) is 12.0. The molecule has 0 bridgehead atoms. The fraction of sp³-hybridized carbons (Fsp3) is 0.436. The van der Waals surface area contributed by atoms with Crippen LogP contribution < -0.4 is 21.8 Å². The van der Waals surface area contributed by atoms with Crippen LogP contribution in [-0.4, -0.2) is 65.2 Å². The number of esters is 2. The Morgan fingerprint density at radius 2 is 1.00 bits per heavy atom. The van der Waals surface area contributed by atoms with Gasteiger partial charge in [-0.1, -0.05) is 72.8 Å². The minimum atomic E-state index is -0.562. The quantitative estimate of drug-likeness (QED) is 0.0255. The van der Waals surface area contributed by atoms with Crippen molar-refractivity contribution in [1.82, 2.24) is 5.48 Å². The van der Waals surface area contributed by atoms with Crippen LogP contribution in [0.4, 0.5) is 11.4 Å². The highest BCUT2D eigenvalue weighted by atomic mass is 16.6. The number of nitrogens with two attached hydrogens (primary N) is 1. The van der Waals surface area contributed by atoms with Crippen LogP contribution in [0.2, 0.25) is 0 Å². The number of carbonyl (C=O) groups is 7. The molecule has 14 heteroatoms. The number of methoxy groups -OCH3 is 1. The van der Waals surface area contributed by atoms with E-state index in [1.165, 1.54) is 23.7 Å². The van der Waals surface area contributed by atoms with Gasteiger partial charge in [0.2, 0.25) is 17.7 Å². The zero-order chi connectivity index (χ0) is 49.9. The SMILES string of the molecule is COC(=O)CCC(=O)Cc1ccc(CCCC(=O)Nc2ccc(C3CC3CC(=O)OC(C)(C)C)cc2)cc1.NC1CC1c1ccc(NC(=O)CCCc2ccc(CC(=O)CCC(=O)NO)cc2)cc1. The number of ketones is 2. The molecule has 14 nitrogen and oxygen atoms in total. The molecule has 0 heterocycles. The molecule has 2 fully saturated rings. The number of hydroxylamine groups is 1. The van der Waals surface area contributed by atoms with Gasteiger partial charge in [-0.25, -0.2) is 5.48 Å². The summed E-state index contributed by atoms with van der Waals surface area (Å²) in [6.45, 7) is 5.64. The van der Waals surface area contributed by atoms with Crippen LogP contribution in [0.5, 0.6) is 0 Å². The summed E-state index contributed by atoms with van der Waals surface area (Å²) in [5.41, 5.74) is 14.9. The lowest BCUT2D eigenvalue weighted by molar-refractivity contribution is -0.155. The molecular formula is C55H68N4O10. The molecule has 4 atom stereocenters. The average Bonchev–Trinajstić information content (AvgIpc) is 4.25. The van der Waals surface area contributed by atoms with Gasteiger partial charge in [-0.15, -0.1) is 0 Å². The monoisotopic (exact) mass is 944 g/mol. The summed E-state index contributed by atoms with van der Waals surface area (Å²) in [5, 5.41) is 14.3. The van der Waals surface area contributed by atoms with E-state index in [1.54, 1.807) is 0 Å². The zero-order valence-corrected chi connectivity index (χ0v) is 40.4. The Hall–Kier alpha value is -6.51. The summed E-state index contributed by atoms with van der Waals surface area (Å²) < 4.78 is 9.98. The van der Waals surface area contributed by atoms with E-state index in [0.29, 0.717) is 43.4 Å². The lowest BCUT2D eigenvalue weighted by atomic mass is 10.0. The van der Waals surface area contributed by atoms with Crippen LogP contribution in [0, 0.1) is 5.92 Å². The van der Waals surface area contributed by atoms with E-state index in [1.807, 2.05) is 118 Å². The van der Waals surface area contributed by atoms with Crippen LogP contribution in [0.25, 0.3) is 0 Å². The first-order chi connectivity index (χ1) is 33.0. The van der Waals surface area contributed by atoms with Gasteiger partial charge in [-0.05, 0) is 129 Å². The van der Waals surface area contributed by atoms with Crippen LogP contribution in [0.15, 0.2) is 97.1 Å². The third kappa shape index (κ3) is 19.9. The van der Waals surface area contributed by atoms with Crippen molar-refractivity contribution in [3.8, 4) is 0 Å². The second kappa shape index (κ2) is 26.3. The number of ether oxygens (including phenoxy) is 2. The topological polar surface area (TPSA) is 220 Å². The molecule has 4 aromatic rings. The molecule has 0 aliphatic heterocycles. The Morgan fingerprint density at radius 3 is 1.42 bits per heavy atom. The number of amides is 3. The van der Waals surface area contributed by atoms with Gasteiger partial charge in [0.15, 0.2) is 0 Å². The van der Waals surface area contributed by atoms with Crippen molar-refractivity contribution < 1.29 is 48.2 Å². The molecule has 2 aliphatic carbocycles. The zero-order valence-electron chi connectivity index (χ0n) is 40.4. The van der Waals surface area contributed by atoms with E-state index in [0.717, 1.165) is 72.2 Å². The Bertz CT molecular complexity index is 2360. The normalized spacial score (nSPS) is 16.7. The van der Waals surface area contributed by atoms with Crippen molar-refractivity contribution in [3.63, 3.8) is 0 Å². The maximum atomic E-state index is 12.4. The van der Waals surface area contributed by atoms with Gasteiger partial charge in [-0.2, -0.15) is 0 Å². The minimum Gasteiger partial charge on any atom is -0.469 e. The van der Waals surface area contributed by atoms with E-state index in [-0.39, 0.29) is 73.5 Å². The van der Waals surface area contributed by atoms with Crippen molar-refractivity contribution in [2.24, 2.45) is 11.7 Å². The number of Topliss-reactive ketones (excluding diaryl/α,β-unsaturated/α-hetero) is 2. The van der Waals surface area contributed by atoms with Crippen LogP contribution >= 0.6 is 0 Å². The molecular weight excluding hydrogens is 877 g/mol. The highest BCUT2D eigenvalue weighted by Gasteiger charge is 2.40. The van der Waals surface area contributed by atoms with Crippen molar-refractivity contribution in [2.45, 2.75) is 141 Å². The summed E-state index contributed by atoms with van der Waals surface area (Å²) in [5.74, 6) is -0.0140. The van der Waals surface area contributed by atoms with E-state index in [9.17, 15) is 33.6 Å². The molecule has 3 amide bonds. The van der Waals surface area contributed by atoms with Crippen molar-refractivity contribution in [3.05, 3.63) is 130 Å². The smallest absolute Gasteiger partial charge is 0.306 e. The highest BCUT2D eigenvalue weighted by molar-refractivity contribution is 5.91. The van der Waals surface area contributed by atoms with Crippen molar-refractivity contribution >= 4 is 52.6 Å². The molecule has 6 rings (SSSR count). The number of rotatable bonds is 24. The number of aryl methyl sites for hydroxylation is 2. The van der Waals surface area contributed by atoms with Gasteiger partial charge in [-0.3, -0.25) is 38.8 Å². The largest absolute Gasteiger partial charge is 0.469 e. The van der Waals surface area contributed by atoms with E-state index >= 15 is 0 Å². The standard InChI is InChI=1S/C31H39NO6.C24H29N3O4/c1-31(2,3)38-30(36)20-24-19-27(24)23-12-14-25(15-13-23)32-28(34)7-5-6-21-8-10-22(11-9-21)18-26(33)16-17-29(35)37-4;25-22-15-21(22)18-8-10-19(11-9-18)26-23(29)3-1-2-16-4-6-17(7-5-16)14-20(28)12-13-24(30)27-31/h8-15,24,27H,5-7,16-20H2,1-4H3,(H,32,34);4-11,21-22,31H,1-3,12-15,25H2,(H,26,29)(H,27,30). The summed E-state index contributed by atoms with van der Waals surface area (Å²) in [4.78, 5) is 82.6. The molecule has 0 radical (unpaired) electrons. The summed E-state index contributed by atoms with van der Waals surface area (Å²) in [7, 11) is 1.31. The molecule has 6 N–H and O–H groups in total. The second-order valence-corrected chi connectivity index (χ2v) is 19.1. The first kappa shape index (κ1) is 53.4. The van der Waals surface area contributed by atoms with Gasteiger partial charge in [0.1, 0.15) is 17.2 Å². The molecule has 2 aliphatic rings. The van der Waals surface area contributed by atoms with Gasteiger partial charge in [0.25, 0.3) is 0 Å². The lowest BCUT2D eigenvalue weighted by Crippen LogP contribution is -2.24. The second-order valence-electron chi connectivity index (χ2n) is 19.1. The summed E-state index contributed by atoms with van der Waals surface area (Å²) in [6, 6.07) is 31.6. The number of benzene rings is 4. The lowest BCUT2D eigenvalue weighted by Gasteiger charge is -2.19. The Kier molecular flexibility index (Phi) is 20.4. The maximum Gasteiger partial charge on any atom is 0.306 e. The molecule has 0 spiro atoms. The Balaban J connectivity index is 0.000000263. The van der Waals surface area contributed by atoms with Crippen molar-refractivity contribution in [1.29, 1.82) is 0 Å². The first-order valence-corrected chi connectivity index (χ1v) is 23.9. The first-order valence-electron chi connectivity index (χ1n) is 23.9. The molecule has 0 saturated heterocycles. The summed E-state index contributed by atoms with van der Waals surface area (Å²) >= 11 is 0. The number of anilines is 2. The molecule has 4 unspecified atom stereocenters. The van der Waals surface area contributed by atoms with Gasteiger partial charge < -0.3 is 25.8 Å². The van der Waals surface area contributed by atoms with Gasteiger partial charge >= 0.3 is 11.9 Å². The highest BCUT2D eigenvalue weighted by Crippen LogP contribution is 2.50. The fourth-order valence-corrected chi connectivity index (χ4v) is 7.99. The number of nitrogens with one attached hydrogen (secondary N) is 3. The molecule has 4 aromatic carbocycles. The van der Waals surface area contributed by atoms with Crippen LogP contribution in [0.1, 0.15) is 137 Å². The molecule has 69 heavy (non-hydrogen) atoms. The fourth-order valence-electron chi connectivity index (χ4n) is 7.99. The number of hydrogen-bond acceptors (Lipinski definition) is 11. The molecule has 368 valence electrons. The number of carbonyl (C=O) groups excluding carboxylic acids is 7.